The highest BCUT2D eigenvalue weighted by molar-refractivity contribution is 5.99. The highest BCUT2D eigenvalue weighted by Crippen LogP contribution is 2.37. The molecule has 2 rings (SSSR count). The van der Waals surface area contributed by atoms with Crippen LogP contribution in [0, 0.1) is 0 Å². The van der Waals surface area contributed by atoms with Crippen LogP contribution in [0.4, 0.5) is 10.5 Å². The van der Waals surface area contributed by atoms with Crippen LogP contribution in [-0.4, -0.2) is 30.8 Å². The van der Waals surface area contributed by atoms with E-state index in [-0.39, 0.29) is 0 Å². The molecule has 0 aromatic heterocycles. The zero-order valence-electron chi connectivity index (χ0n) is 18.4. The number of carbonyl (C=O) groups excluding carboxylic acids is 2. The minimum atomic E-state index is -0.845. The number of anilines is 1. The van der Waals surface area contributed by atoms with Crippen LogP contribution in [-0.2, 0) is 14.3 Å². The van der Waals surface area contributed by atoms with E-state index in [0.29, 0.717) is 11.6 Å². The zero-order valence-corrected chi connectivity index (χ0v) is 18.4. The van der Waals surface area contributed by atoms with E-state index < -0.39 is 23.7 Å². The molecule has 2 aromatic carbocycles. The first-order valence-electron chi connectivity index (χ1n) is 9.85. The van der Waals surface area contributed by atoms with E-state index in [9.17, 15) is 9.59 Å². The minimum Gasteiger partial charge on any atom is -0.467 e. The van der Waals surface area contributed by atoms with E-state index in [0.717, 1.165) is 16.7 Å². The third-order valence-corrected chi connectivity index (χ3v) is 4.56. The molecule has 156 valence electrons. The van der Waals surface area contributed by atoms with Gasteiger partial charge in [-0.25, -0.2) is 9.59 Å². The second kappa shape index (κ2) is 9.12. The second-order valence-corrected chi connectivity index (χ2v) is 8.31. The molecule has 0 N–H and O–H groups in total. The fourth-order valence-electron chi connectivity index (χ4n) is 3.21. The summed E-state index contributed by atoms with van der Waals surface area (Å²) in [6, 6.07) is 14.8. The van der Waals surface area contributed by atoms with Gasteiger partial charge >= 0.3 is 12.1 Å². The maximum Gasteiger partial charge on any atom is 0.415 e. The van der Waals surface area contributed by atoms with Crippen molar-refractivity contribution in [2.75, 3.05) is 12.0 Å². The Hall–Kier alpha value is -2.82. The normalized spacial score (nSPS) is 12.4. The molecular formula is C24H31NO4. The molecule has 2 aromatic rings. The van der Waals surface area contributed by atoms with Crippen LogP contribution in [0.2, 0.25) is 0 Å². The van der Waals surface area contributed by atoms with Crippen LogP contribution in [0.5, 0.6) is 0 Å². The lowest BCUT2D eigenvalue weighted by Gasteiger charge is -2.32. The Labute approximate surface area is 173 Å². The fraction of sp³-hybridized carbons (Fsp3) is 0.417. The first kappa shape index (κ1) is 22.5. The summed E-state index contributed by atoms with van der Waals surface area (Å²) >= 11 is 0. The van der Waals surface area contributed by atoms with Gasteiger partial charge in [0.15, 0.2) is 0 Å². The second-order valence-electron chi connectivity index (χ2n) is 8.31. The Bertz CT molecular complexity index is 867. The number of nitrogens with zero attached hydrogens (tertiary/aromatic N) is 1. The van der Waals surface area contributed by atoms with E-state index >= 15 is 0 Å². The molecule has 0 unspecified atom stereocenters. The van der Waals surface area contributed by atoms with E-state index in [2.05, 4.69) is 19.9 Å². The lowest BCUT2D eigenvalue weighted by Crippen LogP contribution is -2.46. The van der Waals surface area contributed by atoms with E-state index in [1.54, 1.807) is 27.7 Å². The van der Waals surface area contributed by atoms with E-state index in [1.807, 2.05) is 42.5 Å². The van der Waals surface area contributed by atoms with Crippen LogP contribution in [0.3, 0.4) is 0 Å². The van der Waals surface area contributed by atoms with Crippen molar-refractivity contribution in [3.05, 3.63) is 54.1 Å². The maximum atomic E-state index is 13.1. The zero-order chi connectivity index (χ0) is 21.8. The number of para-hydroxylation sites is 1. The smallest absolute Gasteiger partial charge is 0.415 e. The van der Waals surface area contributed by atoms with Gasteiger partial charge in [0.25, 0.3) is 0 Å². The Balaban J connectivity index is 2.67. The van der Waals surface area contributed by atoms with Gasteiger partial charge in [0.2, 0.25) is 0 Å². The van der Waals surface area contributed by atoms with Crippen LogP contribution < -0.4 is 4.90 Å². The van der Waals surface area contributed by atoms with Crippen molar-refractivity contribution in [3.8, 4) is 11.1 Å². The third kappa shape index (κ3) is 5.37. The lowest BCUT2D eigenvalue weighted by molar-refractivity contribution is -0.141. The average molecular weight is 398 g/mol. The number of amides is 1. The summed E-state index contributed by atoms with van der Waals surface area (Å²) in [6.45, 7) is 11.3. The van der Waals surface area contributed by atoms with E-state index in [4.69, 9.17) is 9.47 Å². The molecule has 1 amide bonds. The summed E-state index contributed by atoms with van der Waals surface area (Å²) < 4.78 is 10.5. The molecule has 0 fully saturated rings. The Morgan fingerprint density at radius 1 is 0.897 bits per heavy atom. The van der Waals surface area contributed by atoms with Crippen LogP contribution in [0.1, 0.15) is 53.0 Å². The molecule has 0 spiro atoms. The molecule has 0 radical (unpaired) electrons. The Morgan fingerprint density at radius 3 is 2.00 bits per heavy atom. The first-order chi connectivity index (χ1) is 13.6. The molecule has 29 heavy (non-hydrogen) atoms. The molecule has 0 saturated heterocycles. The molecule has 0 bridgehead atoms. The molecular weight excluding hydrogens is 366 g/mol. The number of ether oxygens (including phenoxy) is 2. The number of methoxy groups -OCH3 is 1. The van der Waals surface area contributed by atoms with Crippen molar-refractivity contribution < 1.29 is 19.1 Å². The van der Waals surface area contributed by atoms with Crippen LogP contribution >= 0.6 is 0 Å². The van der Waals surface area contributed by atoms with E-state index in [1.165, 1.54) is 12.0 Å². The van der Waals surface area contributed by atoms with Crippen molar-refractivity contribution in [2.24, 2.45) is 0 Å². The topological polar surface area (TPSA) is 55.8 Å². The van der Waals surface area contributed by atoms with Gasteiger partial charge in [0, 0.05) is 5.56 Å². The SMILES string of the molecule is COC(=O)[C@H](C)N(C(=O)OC(C)(C)C)c1ccccc1-c1ccccc1C(C)C. The van der Waals surface area contributed by atoms with Gasteiger partial charge in [-0.3, -0.25) is 4.90 Å². The molecule has 5 nitrogen and oxygen atoms in total. The fourth-order valence-corrected chi connectivity index (χ4v) is 3.21. The van der Waals surface area contributed by atoms with Crippen molar-refractivity contribution in [2.45, 2.75) is 59.1 Å². The highest BCUT2D eigenvalue weighted by Gasteiger charge is 2.33. The summed E-state index contributed by atoms with van der Waals surface area (Å²) in [7, 11) is 1.31. The lowest BCUT2D eigenvalue weighted by atomic mass is 9.91. The van der Waals surface area contributed by atoms with Gasteiger partial charge in [-0.1, -0.05) is 56.3 Å². The average Bonchev–Trinajstić information content (AvgIpc) is 2.66. The monoisotopic (exact) mass is 397 g/mol. The van der Waals surface area contributed by atoms with Crippen LogP contribution in [0.25, 0.3) is 11.1 Å². The quantitative estimate of drug-likeness (QED) is 0.600. The minimum absolute atomic E-state index is 0.298. The number of rotatable bonds is 5. The maximum absolute atomic E-state index is 13.1. The Kier molecular flexibility index (Phi) is 7.07. The standard InChI is InChI=1S/C24H31NO4/c1-16(2)18-12-8-9-13-19(18)20-14-10-11-15-21(20)25(17(3)22(26)28-7)23(27)29-24(4,5)6/h8-17H,1-7H3/t17-/m0/s1. The predicted octanol–water partition coefficient (Wildman–Crippen LogP) is 5.78. The number of hydrogen-bond donors (Lipinski definition) is 0. The summed E-state index contributed by atoms with van der Waals surface area (Å²) in [5.74, 6) is -0.213. The van der Waals surface area contributed by atoms with Gasteiger partial charge < -0.3 is 9.47 Å². The molecule has 0 aliphatic carbocycles. The summed E-state index contributed by atoms with van der Waals surface area (Å²) in [4.78, 5) is 26.8. The number of benzene rings is 2. The van der Waals surface area contributed by atoms with Crippen molar-refractivity contribution in [1.82, 2.24) is 0 Å². The van der Waals surface area contributed by atoms with Gasteiger partial charge in [-0.05, 0) is 50.8 Å². The first-order valence-corrected chi connectivity index (χ1v) is 9.85. The number of carbonyl (C=O) groups is 2. The summed E-state index contributed by atoms with van der Waals surface area (Å²) in [5, 5.41) is 0. The molecule has 0 saturated carbocycles. The van der Waals surface area contributed by atoms with Crippen molar-refractivity contribution >= 4 is 17.7 Å². The molecule has 5 heteroatoms. The van der Waals surface area contributed by atoms with Crippen LogP contribution in [0.15, 0.2) is 48.5 Å². The number of esters is 1. The number of hydrogen-bond acceptors (Lipinski definition) is 4. The van der Waals surface area contributed by atoms with Crippen molar-refractivity contribution in [3.63, 3.8) is 0 Å². The van der Waals surface area contributed by atoms with Gasteiger partial charge in [0.1, 0.15) is 11.6 Å². The predicted molar refractivity (Wildman–Crippen MR) is 116 cm³/mol. The van der Waals surface area contributed by atoms with Gasteiger partial charge in [-0.15, -0.1) is 0 Å². The van der Waals surface area contributed by atoms with Gasteiger partial charge in [0.05, 0.1) is 12.8 Å². The Morgan fingerprint density at radius 2 is 1.45 bits per heavy atom. The third-order valence-electron chi connectivity index (χ3n) is 4.56. The summed E-state index contributed by atoms with van der Waals surface area (Å²) in [5.41, 5.74) is 2.94. The summed E-state index contributed by atoms with van der Waals surface area (Å²) in [6.07, 6.45) is -0.593. The van der Waals surface area contributed by atoms with Crippen molar-refractivity contribution in [1.29, 1.82) is 0 Å². The molecule has 1 atom stereocenters. The molecule has 0 aliphatic rings. The highest BCUT2D eigenvalue weighted by atomic mass is 16.6. The molecule has 0 aliphatic heterocycles. The molecule has 0 heterocycles. The van der Waals surface area contributed by atoms with Gasteiger partial charge in [-0.2, -0.15) is 0 Å². The largest absolute Gasteiger partial charge is 0.467 e.